The molecule has 1 heterocycles. The van der Waals surface area contributed by atoms with Gasteiger partial charge in [0.15, 0.2) is 0 Å². The zero-order valence-corrected chi connectivity index (χ0v) is 12.8. The summed E-state index contributed by atoms with van der Waals surface area (Å²) >= 11 is 5.97. The standard InChI is InChI=1S/C16H19ClN4/c1-3-8-18-15-10-12(2)20-16(21-15)19-9-7-13-5-4-6-14(17)11-13/h3-6,10-11H,1,7-9H2,2H3,(H2,18,19,20,21). The second-order valence-corrected chi connectivity index (χ2v) is 5.13. The van der Waals surface area contributed by atoms with Gasteiger partial charge in [0.25, 0.3) is 0 Å². The highest BCUT2D eigenvalue weighted by molar-refractivity contribution is 6.30. The Bertz CT molecular complexity index is 613. The Morgan fingerprint density at radius 1 is 1.24 bits per heavy atom. The Balaban J connectivity index is 1.93. The van der Waals surface area contributed by atoms with Crippen LogP contribution in [0.2, 0.25) is 5.02 Å². The van der Waals surface area contributed by atoms with Crippen molar-refractivity contribution in [3.63, 3.8) is 0 Å². The lowest BCUT2D eigenvalue weighted by atomic mass is 10.1. The minimum atomic E-state index is 0.628. The summed E-state index contributed by atoms with van der Waals surface area (Å²) in [6, 6.07) is 9.77. The quantitative estimate of drug-likeness (QED) is 0.766. The largest absolute Gasteiger partial charge is 0.366 e. The molecule has 0 atom stereocenters. The van der Waals surface area contributed by atoms with Crippen LogP contribution in [0.15, 0.2) is 43.0 Å². The number of rotatable bonds is 7. The highest BCUT2D eigenvalue weighted by Crippen LogP contribution is 2.12. The minimum absolute atomic E-state index is 0.628. The number of aromatic nitrogens is 2. The Morgan fingerprint density at radius 3 is 2.86 bits per heavy atom. The predicted molar refractivity (Wildman–Crippen MR) is 89.1 cm³/mol. The van der Waals surface area contributed by atoms with Crippen LogP contribution in [0.1, 0.15) is 11.3 Å². The summed E-state index contributed by atoms with van der Waals surface area (Å²) < 4.78 is 0. The van der Waals surface area contributed by atoms with Crippen molar-refractivity contribution >= 4 is 23.4 Å². The topological polar surface area (TPSA) is 49.8 Å². The maximum absolute atomic E-state index is 5.97. The Labute approximate surface area is 130 Å². The Kier molecular flexibility index (Phi) is 5.58. The fraction of sp³-hybridized carbons (Fsp3) is 0.250. The average molecular weight is 303 g/mol. The van der Waals surface area contributed by atoms with Gasteiger partial charge >= 0.3 is 0 Å². The summed E-state index contributed by atoms with van der Waals surface area (Å²) in [5.41, 5.74) is 2.11. The zero-order valence-electron chi connectivity index (χ0n) is 12.1. The third-order valence-corrected chi connectivity index (χ3v) is 3.10. The van der Waals surface area contributed by atoms with E-state index in [1.807, 2.05) is 31.2 Å². The van der Waals surface area contributed by atoms with Crippen LogP contribution in [0.25, 0.3) is 0 Å². The van der Waals surface area contributed by atoms with Gasteiger partial charge in [-0.1, -0.05) is 29.8 Å². The molecule has 0 amide bonds. The van der Waals surface area contributed by atoms with E-state index in [2.05, 4.69) is 33.2 Å². The minimum Gasteiger partial charge on any atom is -0.366 e. The van der Waals surface area contributed by atoms with E-state index in [1.54, 1.807) is 6.08 Å². The average Bonchev–Trinajstić information content (AvgIpc) is 2.45. The lowest BCUT2D eigenvalue weighted by Crippen LogP contribution is -2.10. The van der Waals surface area contributed by atoms with Gasteiger partial charge < -0.3 is 10.6 Å². The molecule has 0 bridgehead atoms. The number of hydrogen-bond acceptors (Lipinski definition) is 4. The maximum Gasteiger partial charge on any atom is 0.224 e. The summed E-state index contributed by atoms with van der Waals surface area (Å²) in [6.45, 7) is 7.06. The Morgan fingerprint density at radius 2 is 2.10 bits per heavy atom. The SMILES string of the molecule is C=CCNc1cc(C)nc(NCCc2cccc(Cl)c2)n1. The fourth-order valence-corrected chi connectivity index (χ4v) is 2.14. The molecule has 2 aromatic rings. The van der Waals surface area contributed by atoms with Crippen LogP contribution in [-0.2, 0) is 6.42 Å². The van der Waals surface area contributed by atoms with Gasteiger partial charge in [0.1, 0.15) is 5.82 Å². The lowest BCUT2D eigenvalue weighted by Gasteiger charge is -2.09. The van der Waals surface area contributed by atoms with Crippen molar-refractivity contribution in [3.8, 4) is 0 Å². The molecule has 0 radical (unpaired) electrons. The van der Waals surface area contributed by atoms with E-state index in [0.717, 1.165) is 29.5 Å². The van der Waals surface area contributed by atoms with Gasteiger partial charge in [-0.25, -0.2) is 4.98 Å². The van der Waals surface area contributed by atoms with Gasteiger partial charge in [0.05, 0.1) is 0 Å². The van der Waals surface area contributed by atoms with Crippen LogP contribution in [-0.4, -0.2) is 23.1 Å². The summed E-state index contributed by atoms with van der Waals surface area (Å²) in [4.78, 5) is 8.79. The number of nitrogens with one attached hydrogen (secondary N) is 2. The van der Waals surface area contributed by atoms with Crippen LogP contribution in [0.3, 0.4) is 0 Å². The van der Waals surface area contributed by atoms with Crippen LogP contribution in [0.5, 0.6) is 0 Å². The maximum atomic E-state index is 5.97. The first kappa shape index (κ1) is 15.3. The summed E-state index contributed by atoms with van der Waals surface area (Å²) in [7, 11) is 0. The van der Waals surface area contributed by atoms with Gasteiger partial charge in [-0.2, -0.15) is 4.98 Å². The van der Waals surface area contributed by atoms with E-state index in [9.17, 15) is 0 Å². The molecular weight excluding hydrogens is 284 g/mol. The van der Waals surface area contributed by atoms with E-state index < -0.39 is 0 Å². The zero-order chi connectivity index (χ0) is 15.1. The van der Waals surface area contributed by atoms with E-state index in [0.29, 0.717) is 12.5 Å². The van der Waals surface area contributed by atoms with Gasteiger partial charge in [-0.3, -0.25) is 0 Å². The molecule has 0 saturated heterocycles. The van der Waals surface area contributed by atoms with Crippen molar-refractivity contribution in [2.24, 2.45) is 0 Å². The van der Waals surface area contributed by atoms with Crippen LogP contribution >= 0.6 is 11.6 Å². The molecule has 110 valence electrons. The Hall–Kier alpha value is -2.07. The monoisotopic (exact) mass is 302 g/mol. The molecule has 0 aliphatic carbocycles. The second-order valence-electron chi connectivity index (χ2n) is 4.69. The molecule has 1 aromatic carbocycles. The molecule has 1 aromatic heterocycles. The van der Waals surface area contributed by atoms with E-state index in [-0.39, 0.29) is 0 Å². The number of anilines is 2. The van der Waals surface area contributed by atoms with Crippen molar-refractivity contribution in [1.29, 1.82) is 0 Å². The molecule has 0 aliphatic rings. The molecule has 5 heteroatoms. The van der Waals surface area contributed by atoms with Crippen LogP contribution < -0.4 is 10.6 Å². The molecule has 0 spiro atoms. The molecule has 0 aliphatic heterocycles. The molecule has 2 N–H and O–H groups in total. The van der Waals surface area contributed by atoms with Crippen molar-refractivity contribution in [2.45, 2.75) is 13.3 Å². The molecule has 0 fully saturated rings. The highest BCUT2D eigenvalue weighted by atomic mass is 35.5. The third kappa shape index (κ3) is 5.08. The second kappa shape index (κ2) is 7.64. The van der Waals surface area contributed by atoms with Gasteiger partial charge in [-0.15, -0.1) is 6.58 Å². The molecular formula is C16H19ClN4. The lowest BCUT2D eigenvalue weighted by molar-refractivity contribution is 0.974. The smallest absolute Gasteiger partial charge is 0.224 e. The predicted octanol–water partition coefficient (Wildman–Crippen LogP) is 3.69. The number of hydrogen-bond donors (Lipinski definition) is 2. The van der Waals surface area contributed by atoms with E-state index in [4.69, 9.17) is 11.6 Å². The van der Waals surface area contributed by atoms with E-state index >= 15 is 0 Å². The first-order chi connectivity index (χ1) is 10.2. The normalized spacial score (nSPS) is 10.2. The van der Waals surface area contributed by atoms with Gasteiger partial charge in [0, 0.05) is 29.9 Å². The number of nitrogens with zero attached hydrogens (tertiary/aromatic N) is 2. The number of aryl methyl sites for hydroxylation is 1. The summed E-state index contributed by atoms with van der Waals surface area (Å²) in [5.74, 6) is 1.43. The number of benzene rings is 1. The van der Waals surface area contributed by atoms with Crippen molar-refractivity contribution in [1.82, 2.24) is 9.97 Å². The van der Waals surface area contributed by atoms with Gasteiger partial charge in [0.2, 0.25) is 5.95 Å². The molecule has 0 saturated carbocycles. The molecule has 0 unspecified atom stereocenters. The molecule has 4 nitrogen and oxygen atoms in total. The van der Waals surface area contributed by atoms with Crippen LogP contribution in [0.4, 0.5) is 11.8 Å². The van der Waals surface area contributed by atoms with Crippen molar-refractivity contribution in [2.75, 3.05) is 23.7 Å². The highest BCUT2D eigenvalue weighted by Gasteiger charge is 2.01. The molecule has 21 heavy (non-hydrogen) atoms. The first-order valence-electron chi connectivity index (χ1n) is 6.86. The van der Waals surface area contributed by atoms with Gasteiger partial charge in [-0.05, 0) is 31.0 Å². The van der Waals surface area contributed by atoms with Crippen molar-refractivity contribution < 1.29 is 0 Å². The third-order valence-electron chi connectivity index (χ3n) is 2.87. The molecule has 2 rings (SSSR count). The first-order valence-corrected chi connectivity index (χ1v) is 7.24. The van der Waals surface area contributed by atoms with Crippen molar-refractivity contribution in [3.05, 3.63) is 59.3 Å². The summed E-state index contributed by atoms with van der Waals surface area (Å²) in [5, 5.41) is 7.16. The summed E-state index contributed by atoms with van der Waals surface area (Å²) in [6.07, 6.45) is 2.66. The van der Waals surface area contributed by atoms with E-state index in [1.165, 1.54) is 5.56 Å². The fourth-order valence-electron chi connectivity index (χ4n) is 1.93. The van der Waals surface area contributed by atoms with Crippen LogP contribution in [0, 0.1) is 6.92 Å². The number of halogens is 1.